The summed E-state index contributed by atoms with van der Waals surface area (Å²) in [6.45, 7) is 15.3. The summed E-state index contributed by atoms with van der Waals surface area (Å²) in [5.74, 6) is 2.38. The van der Waals surface area contributed by atoms with Crippen molar-refractivity contribution in [3.05, 3.63) is 41.2 Å². The highest BCUT2D eigenvalue weighted by Crippen LogP contribution is 2.41. The smallest absolute Gasteiger partial charge is 0.246 e. The van der Waals surface area contributed by atoms with Crippen molar-refractivity contribution in [2.24, 2.45) is 0 Å². The summed E-state index contributed by atoms with van der Waals surface area (Å²) < 4.78 is 5.23. The fourth-order valence-corrected chi connectivity index (χ4v) is 3.80. The van der Waals surface area contributed by atoms with Crippen LogP contribution in [0.1, 0.15) is 19.4 Å². The number of fused-ring (bicyclic) bond motifs is 1. The van der Waals surface area contributed by atoms with Gasteiger partial charge in [0.2, 0.25) is 5.00 Å². The Bertz CT molecular complexity index is 937. The second-order valence-corrected chi connectivity index (χ2v) is 6.57. The van der Waals surface area contributed by atoms with Crippen molar-refractivity contribution in [1.82, 2.24) is 9.97 Å². The molecular formula is C19H20N4OS. The molecule has 3 aromatic rings. The van der Waals surface area contributed by atoms with Crippen LogP contribution in [0.5, 0.6) is 5.75 Å². The molecule has 0 atom stereocenters. The van der Waals surface area contributed by atoms with Gasteiger partial charge in [-0.3, -0.25) is 0 Å². The molecule has 0 saturated heterocycles. The van der Waals surface area contributed by atoms with E-state index in [1.807, 2.05) is 31.2 Å². The monoisotopic (exact) mass is 352 g/mol. The van der Waals surface area contributed by atoms with E-state index in [0.717, 1.165) is 46.0 Å². The maximum atomic E-state index is 7.41. The number of thiophene rings is 1. The Balaban J connectivity index is 2.25. The van der Waals surface area contributed by atoms with E-state index in [1.54, 1.807) is 7.11 Å². The molecule has 128 valence electrons. The number of hydrogen-bond acceptors (Lipinski definition) is 5. The summed E-state index contributed by atoms with van der Waals surface area (Å²) >= 11 is 1.44. The van der Waals surface area contributed by atoms with Gasteiger partial charge in [-0.15, -0.1) is 11.3 Å². The lowest BCUT2D eigenvalue weighted by Gasteiger charge is -2.21. The number of ether oxygens (including phenoxy) is 1. The fraction of sp³-hybridized carbons (Fsp3) is 0.316. The Kier molecular flexibility index (Phi) is 4.86. The largest absolute Gasteiger partial charge is 0.497 e. The first-order valence-corrected chi connectivity index (χ1v) is 9.02. The van der Waals surface area contributed by atoms with Crippen LogP contribution in [0.25, 0.3) is 26.4 Å². The molecule has 0 unspecified atom stereocenters. The molecule has 3 rings (SSSR count). The molecular weight excluding hydrogens is 332 g/mol. The highest BCUT2D eigenvalue weighted by Gasteiger charge is 2.19. The van der Waals surface area contributed by atoms with Crippen molar-refractivity contribution in [2.75, 3.05) is 25.1 Å². The minimum atomic E-state index is 0.676. The van der Waals surface area contributed by atoms with Gasteiger partial charge < -0.3 is 9.64 Å². The summed E-state index contributed by atoms with van der Waals surface area (Å²) in [6, 6.07) is 7.74. The minimum absolute atomic E-state index is 0.676. The Labute approximate surface area is 151 Å². The first kappa shape index (κ1) is 17.2. The van der Waals surface area contributed by atoms with Crippen molar-refractivity contribution in [3.8, 4) is 17.1 Å². The normalized spacial score (nSPS) is 10.7. The second kappa shape index (κ2) is 7.08. The first-order valence-electron chi connectivity index (χ1n) is 8.20. The van der Waals surface area contributed by atoms with Crippen molar-refractivity contribution < 1.29 is 4.74 Å². The van der Waals surface area contributed by atoms with E-state index in [2.05, 4.69) is 23.6 Å². The topological polar surface area (TPSA) is 42.6 Å². The molecule has 0 aliphatic heterocycles. The Morgan fingerprint density at radius 1 is 1.16 bits per heavy atom. The molecule has 6 heteroatoms. The molecule has 0 bridgehead atoms. The standard InChI is InChI=1S/C19H20N4OS/c1-6-23(7-2)17-15-12(3)18(20-4)25-19(15)22-16(21-17)13-8-10-14(24-5)11-9-13/h8-11H,6-7H2,1-3,5H3. The lowest BCUT2D eigenvalue weighted by atomic mass is 10.2. The lowest BCUT2D eigenvalue weighted by Crippen LogP contribution is -2.23. The zero-order chi connectivity index (χ0) is 18.0. The van der Waals surface area contributed by atoms with Crippen molar-refractivity contribution in [2.45, 2.75) is 20.8 Å². The van der Waals surface area contributed by atoms with Crippen LogP contribution in [0.2, 0.25) is 0 Å². The van der Waals surface area contributed by atoms with Crippen LogP contribution >= 0.6 is 11.3 Å². The van der Waals surface area contributed by atoms with E-state index in [1.165, 1.54) is 11.3 Å². The Morgan fingerprint density at radius 3 is 2.40 bits per heavy atom. The van der Waals surface area contributed by atoms with E-state index in [-0.39, 0.29) is 0 Å². The second-order valence-electron chi connectivity index (χ2n) is 5.60. The number of benzene rings is 1. The number of aromatic nitrogens is 2. The van der Waals surface area contributed by atoms with Crippen LogP contribution in [0, 0.1) is 13.5 Å². The van der Waals surface area contributed by atoms with Gasteiger partial charge in [0.15, 0.2) is 5.82 Å². The Hall–Kier alpha value is -2.65. The average molecular weight is 352 g/mol. The number of hydrogen-bond donors (Lipinski definition) is 0. The molecule has 1 aromatic carbocycles. The van der Waals surface area contributed by atoms with Crippen molar-refractivity contribution in [3.63, 3.8) is 0 Å². The minimum Gasteiger partial charge on any atom is -0.497 e. The van der Waals surface area contributed by atoms with Gasteiger partial charge in [0.1, 0.15) is 16.4 Å². The first-order chi connectivity index (χ1) is 12.1. The molecule has 0 aliphatic carbocycles. The predicted octanol–water partition coefficient (Wildman–Crippen LogP) is 5.07. The zero-order valence-electron chi connectivity index (χ0n) is 14.8. The van der Waals surface area contributed by atoms with Gasteiger partial charge >= 0.3 is 0 Å². The zero-order valence-corrected chi connectivity index (χ0v) is 15.6. The third kappa shape index (κ3) is 3.03. The number of methoxy groups -OCH3 is 1. The van der Waals surface area contributed by atoms with Crippen LogP contribution in [0.4, 0.5) is 10.8 Å². The molecule has 0 N–H and O–H groups in total. The highest BCUT2D eigenvalue weighted by molar-refractivity contribution is 7.22. The van der Waals surface area contributed by atoms with Gasteiger partial charge in [-0.2, -0.15) is 0 Å². The molecule has 0 radical (unpaired) electrons. The number of nitrogens with zero attached hydrogens (tertiary/aromatic N) is 4. The summed E-state index contributed by atoms with van der Waals surface area (Å²) in [5, 5.41) is 1.68. The maximum absolute atomic E-state index is 7.41. The predicted molar refractivity (Wildman–Crippen MR) is 104 cm³/mol. The van der Waals surface area contributed by atoms with Crippen LogP contribution in [0.3, 0.4) is 0 Å². The molecule has 0 amide bonds. The number of aryl methyl sites for hydroxylation is 1. The number of rotatable bonds is 5. The van der Waals surface area contributed by atoms with Gasteiger partial charge in [0.05, 0.1) is 13.7 Å². The molecule has 25 heavy (non-hydrogen) atoms. The van der Waals surface area contributed by atoms with E-state index < -0.39 is 0 Å². The van der Waals surface area contributed by atoms with Gasteiger partial charge in [0, 0.05) is 24.0 Å². The van der Waals surface area contributed by atoms with E-state index in [4.69, 9.17) is 21.3 Å². The molecule has 0 aliphatic rings. The quantitative estimate of drug-likeness (QED) is 0.601. The van der Waals surface area contributed by atoms with E-state index in [0.29, 0.717) is 10.8 Å². The SMILES string of the molecule is [C-]#[N+]c1sc2nc(-c3ccc(OC)cc3)nc(N(CC)CC)c2c1C. The van der Waals surface area contributed by atoms with Gasteiger partial charge in [0.25, 0.3) is 0 Å². The van der Waals surface area contributed by atoms with Gasteiger partial charge in [-0.1, -0.05) is 0 Å². The van der Waals surface area contributed by atoms with Crippen LogP contribution in [-0.2, 0) is 0 Å². The van der Waals surface area contributed by atoms with Crippen LogP contribution in [-0.4, -0.2) is 30.2 Å². The summed E-state index contributed by atoms with van der Waals surface area (Å²) in [4.78, 5) is 16.3. The van der Waals surface area contributed by atoms with E-state index >= 15 is 0 Å². The molecule has 0 spiro atoms. The van der Waals surface area contributed by atoms with Crippen LogP contribution < -0.4 is 9.64 Å². The molecule has 2 heterocycles. The maximum Gasteiger partial charge on any atom is 0.246 e. The lowest BCUT2D eigenvalue weighted by molar-refractivity contribution is 0.415. The third-order valence-electron chi connectivity index (χ3n) is 4.26. The van der Waals surface area contributed by atoms with E-state index in [9.17, 15) is 0 Å². The summed E-state index contributed by atoms with van der Waals surface area (Å²) in [7, 11) is 1.65. The molecule has 2 aromatic heterocycles. The molecule has 0 fully saturated rings. The average Bonchev–Trinajstić information content (AvgIpc) is 2.98. The number of anilines is 1. The van der Waals surface area contributed by atoms with Crippen molar-refractivity contribution >= 4 is 32.4 Å². The van der Waals surface area contributed by atoms with Gasteiger partial charge in [-0.05, 0) is 50.6 Å². The third-order valence-corrected chi connectivity index (χ3v) is 5.34. The highest BCUT2D eigenvalue weighted by atomic mass is 32.1. The fourth-order valence-electron chi connectivity index (χ4n) is 2.83. The van der Waals surface area contributed by atoms with Gasteiger partial charge in [-0.25, -0.2) is 14.8 Å². The molecule has 5 nitrogen and oxygen atoms in total. The Morgan fingerprint density at radius 2 is 1.84 bits per heavy atom. The molecule has 0 saturated carbocycles. The summed E-state index contributed by atoms with van der Waals surface area (Å²) in [6.07, 6.45) is 0. The van der Waals surface area contributed by atoms with Crippen molar-refractivity contribution in [1.29, 1.82) is 0 Å². The van der Waals surface area contributed by atoms with Crippen LogP contribution in [0.15, 0.2) is 24.3 Å². The summed E-state index contributed by atoms with van der Waals surface area (Å²) in [5.41, 5.74) is 1.91.